The first-order chi connectivity index (χ1) is 11.1. The Morgan fingerprint density at radius 3 is 2.30 bits per heavy atom. The van der Waals surface area contributed by atoms with Crippen LogP contribution < -0.4 is 5.32 Å². The molecule has 1 saturated carbocycles. The van der Waals surface area contributed by atoms with Gasteiger partial charge in [-0.05, 0) is 43.7 Å². The quantitative estimate of drug-likeness (QED) is 0.683. The molecule has 3 aliphatic rings. The van der Waals surface area contributed by atoms with Crippen molar-refractivity contribution in [1.82, 2.24) is 10.2 Å². The van der Waals surface area contributed by atoms with E-state index < -0.39 is 6.04 Å². The Hall–Kier alpha value is -2.43. The van der Waals surface area contributed by atoms with Gasteiger partial charge in [0.2, 0.25) is 5.91 Å². The third kappa shape index (κ3) is 2.11. The fraction of sp³-hybridized carbons (Fsp3) is 0.389. The summed E-state index contributed by atoms with van der Waals surface area (Å²) in [6.45, 7) is 1.61. The van der Waals surface area contributed by atoms with E-state index in [-0.39, 0.29) is 23.8 Å². The van der Waals surface area contributed by atoms with Crippen molar-refractivity contribution >= 4 is 17.7 Å². The summed E-state index contributed by atoms with van der Waals surface area (Å²) in [7, 11) is 0. The summed E-state index contributed by atoms with van der Waals surface area (Å²) in [6.07, 6.45) is 6.40. The molecule has 5 nitrogen and oxygen atoms in total. The van der Waals surface area contributed by atoms with Crippen LogP contribution in [0.4, 0.5) is 0 Å². The number of hydrogen-bond donors (Lipinski definition) is 1. The topological polar surface area (TPSA) is 66.5 Å². The van der Waals surface area contributed by atoms with E-state index in [4.69, 9.17) is 0 Å². The van der Waals surface area contributed by atoms with Crippen molar-refractivity contribution < 1.29 is 14.4 Å². The van der Waals surface area contributed by atoms with Gasteiger partial charge < -0.3 is 5.32 Å². The van der Waals surface area contributed by atoms with Crippen molar-refractivity contribution in [2.24, 2.45) is 11.8 Å². The highest BCUT2D eigenvalue weighted by Crippen LogP contribution is 2.39. The number of hydrogen-bond acceptors (Lipinski definition) is 3. The predicted octanol–water partition coefficient (Wildman–Crippen LogP) is 1.75. The average Bonchev–Trinajstić information content (AvgIpc) is 3.22. The van der Waals surface area contributed by atoms with E-state index in [1.807, 2.05) is 0 Å². The third-order valence-electron chi connectivity index (χ3n) is 5.20. The molecule has 118 valence electrons. The third-order valence-corrected chi connectivity index (χ3v) is 5.20. The minimum Gasteiger partial charge on any atom is -0.351 e. The number of fused-ring (bicyclic) bond motifs is 3. The highest BCUT2D eigenvalue weighted by Gasteiger charge is 2.42. The normalized spacial score (nSPS) is 29.1. The molecule has 0 radical (unpaired) electrons. The predicted molar refractivity (Wildman–Crippen MR) is 83.7 cm³/mol. The zero-order valence-corrected chi connectivity index (χ0v) is 12.9. The van der Waals surface area contributed by atoms with Crippen molar-refractivity contribution in [1.29, 1.82) is 0 Å². The maximum Gasteiger partial charge on any atom is 0.262 e. The molecule has 4 unspecified atom stereocenters. The minimum atomic E-state index is -0.800. The molecule has 1 heterocycles. The molecule has 5 heteroatoms. The molecule has 23 heavy (non-hydrogen) atoms. The zero-order chi connectivity index (χ0) is 16.1. The number of benzene rings is 1. The second-order valence-electron chi connectivity index (χ2n) is 6.60. The lowest BCUT2D eigenvalue weighted by atomic mass is 10.0. The summed E-state index contributed by atoms with van der Waals surface area (Å²) in [6, 6.07) is 6.02. The van der Waals surface area contributed by atoms with Gasteiger partial charge in [0.1, 0.15) is 6.04 Å². The summed E-state index contributed by atoms with van der Waals surface area (Å²) < 4.78 is 0. The summed E-state index contributed by atoms with van der Waals surface area (Å²) in [5, 5.41) is 3.02. The summed E-state index contributed by atoms with van der Waals surface area (Å²) >= 11 is 0. The molecular weight excluding hydrogens is 292 g/mol. The number of carbonyl (C=O) groups excluding carboxylic acids is 3. The van der Waals surface area contributed by atoms with Crippen LogP contribution in [0.1, 0.15) is 40.5 Å². The molecule has 4 rings (SSSR count). The number of allylic oxidation sites excluding steroid dienone is 1. The van der Waals surface area contributed by atoms with Crippen LogP contribution in [0.2, 0.25) is 0 Å². The van der Waals surface area contributed by atoms with E-state index in [2.05, 4.69) is 17.5 Å². The summed E-state index contributed by atoms with van der Waals surface area (Å²) in [5.74, 6) is -0.0918. The van der Waals surface area contributed by atoms with Gasteiger partial charge in [-0.3, -0.25) is 19.3 Å². The van der Waals surface area contributed by atoms with E-state index in [0.29, 0.717) is 23.0 Å². The monoisotopic (exact) mass is 310 g/mol. The van der Waals surface area contributed by atoms with E-state index in [9.17, 15) is 14.4 Å². The van der Waals surface area contributed by atoms with Crippen LogP contribution in [-0.2, 0) is 4.79 Å². The molecule has 1 aromatic rings. The second-order valence-corrected chi connectivity index (χ2v) is 6.60. The van der Waals surface area contributed by atoms with Gasteiger partial charge in [0, 0.05) is 6.04 Å². The number of imide groups is 1. The lowest BCUT2D eigenvalue weighted by molar-refractivity contribution is -0.125. The Balaban J connectivity index is 1.50. The van der Waals surface area contributed by atoms with Crippen LogP contribution in [0.3, 0.4) is 0 Å². The SMILES string of the molecule is CC(C(=O)NC1CC2C=CC1C2)N1C(=O)c2ccccc2C1=O. The van der Waals surface area contributed by atoms with Gasteiger partial charge >= 0.3 is 0 Å². The summed E-state index contributed by atoms with van der Waals surface area (Å²) in [4.78, 5) is 38.5. The fourth-order valence-electron chi connectivity index (χ4n) is 3.93. The van der Waals surface area contributed by atoms with Crippen molar-refractivity contribution in [3.8, 4) is 0 Å². The Labute approximate surface area is 134 Å². The van der Waals surface area contributed by atoms with Gasteiger partial charge in [0.15, 0.2) is 0 Å². The molecule has 0 spiro atoms. The van der Waals surface area contributed by atoms with E-state index in [1.54, 1.807) is 31.2 Å². The van der Waals surface area contributed by atoms with Crippen LogP contribution in [-0.4, -0.2) is 34.7 Å². The number of nitrogens with one attached hydrogen (secondary N) is 1. The van der Waals surface area contributed by atoms with Crippen molar-refractivity contribution in [3.05, 3.63) is 47.5 Å². The maximum atomic E-state index is 12.5. The van der Waals surface area contributed by atoms with Gasteiger partial charge in [0.25, 0.3) is 11.8 Å². The molecule has 3 amide bonds. The molecule has 1 fully saturated rings. The molecule has 1 aromatic carbocycles. The number of rotatable bonds is 3. The lowest BCUT2D eigenvalue weighted by Gasteiger charge is -2.26. The van der Waals surface area contributed by atoms with E-state index in [0.717, 1.165) is 17.7 Å². The first kappa shape index (κ1) is 14.2. The Morgan fingerprint density at radius 2 is 1.78 bits per heavy atom. The molecule has 4 atom stereocenters. The van der Waals surface area contributed by atoms with Crippen molar-refractivity contribution in [2.45, 2.75) is 31.8 Å². The Morgan fingerprint density at radius 1 is 1.13 bits per heavy atom. The molecule has 0 aromatic heterocycles. The molecule has 1 aliphatic heterocycles. The van der Waals surface area contributed by atoms with E-state index in [1.165, 1.54) is 0 Å². The van der Waals surface area contributed by atoms with Crippen LogP contribution in [0.15, 0.2) is 36.4 Å². The fourth-order valence-corrected chi connectivity index (χ4v) is 3.93. The number of carbonyl (C=O) groups is 3. The maximum absolute atomic E-state index is 12.5. The standard InChI is InChI=1S/C18H18N2O3/c1-10(16(21)19-15-9-11-6-7-12(15)8-11)20-17(22)13-4-2-3-5-14(13)18(20)23/h2-7,10-12,15H,8-9H2,1H3,(H,19,21). The highest BCUT2D eigenvalue weighted by atomic mass is 16.2. The zero-order valence-electron chi connectivity index (χ0n) is 12.9. The average molecular weight is 310 g/mol. The first-order valence-corrected chi connectivity index (χ1v) is 8.02. The number of amides is 3. The minimum absolute atomic E-state index is 0.120. The largest absolute Gasteiger partial charge is 0.351 e. The second kappa shape index (κ2) is 5.05. The number of nitrogens with zero attached hydrogens (tertiary/aromatic N) is 1. The first-order valence-electron chi connectivity index (χ1n) is 8.02. The molecule has 0 saturated heterocycles. The van der Waals surface area contributed by atoms with Crippen LogP contribution in [0.5, 0.6) is 0 Å². The highest BCUT2D eigenvalue weighted by molar-refractivity contribution is 6.22. The van der Waals surface area contributed by atoms with Crippen LogP contribution in [0.25, 0.3) is 0 Å². The van der Waals surface area contributed by atoms with Gasteiger partial charge in [-0.1, -0.05) is 24.3 Å². The smallest absolute Gasteiger partial charge is 0.262 e. The molecule has 2 bridgehead atoms. The van der Waals surface area contributed by atoms with Crippen LogP contribution in [0, 0.1) is 11.8 Å². The van der Waals surface area contributed by atoms with Gasteiger partial charge in [-0.25, -0.2) is 0 Å². The molecule has 1 N–H and O–H groups in total. The molecule has 2 aliphatic carbocycles. The van der Waals surface area contributed by atoms with Gasteiger partial charge in [-0.2, -0.15) is 0 Å². The molecular formula is C18H18N2O3. The van der Waals surface area contributed by atoms with Crippen molar-refractivity contribution in [2.75, 3.05) is 0 Å². The van der Waals surface area contributed by atoms with Crippen LogP contribution >= 0.6 is 0 Å². The Bertz CT molecular complexity index is 705. The summed E-state index contributed by atoms with van der Waals surface area (Å²) in [5.41, 5.74) is 0.750. The van der Waals surface area contributed by atoms with Gasteiger partial charge in [0.05, 0.1) is 11.1 Å². The van der Waals surface area contributed by atoms with Gasteiger partial charge in [-0.15, -0.1) is 0 Å². The van der Waals surface area contributed by atoms with Crippen molar-refractivity contribution in [3.63, 3.8) is 0 Å². The Kier molecular flexibility index (Phi) is 3.11. The van der Waals surface area contributed by atoms with E-state index >= 15 is 0 Å². The lowest BCUT2D eigenvalue weighted by Crippen LogP contribution is -2.51.